The van der Waals surface area contributed by atoms with Crippen molar-refractivity contribution in [2.45, 2.75) is 5.92 Å². The Morgan fingerprint density at radius 3 is 2.79 bits per heavy atom. The molecule has 2 N–H and O–H groups in total. The van der Waals surface area contributed by atoms with Crippen molar-refractivity contribution in [1.29, 1.82) is 5.26 Å². The van der Waals surface area contributed by atoms with Gasteiger partial charge in [0.05, 0.1) is 10.9 Å². The second-order valence-corrected chi connectivity index (χ2v) is 4.71. The molecule has 0 fully saturated rings. The zero-order chi connectivity index (χ0) is 14.2. The van der Waals surface area contributed by atoms with E-state index in [0.29, 0.717) is 10.6 Å². The van der Waals surface area contributed by atoms with Crippen LogP contribution in [0, 0.1) is 21.4 Å². The summed E-state index contributed by atoms with van der Waals surface area (Å²) >= 11 is 11.8. The predicted molar refractivity (Wildman–Crippen MR) is 68.5 cm³/mol. The summed E-state index contributed by atoms with van der Waals surface area (Å²) in [7, 11) is 0. The molecule has 19 heavy (non-hydrogen) atoms. The average molecular weight is 300 g/mol. The lowest BCUT2D eigenvalue weighted by atomic mass is 9.89. The third-order valence-electron chi connectivity index (χ3n) is 2.69. The molecule has 0 bridgehead atoms. The van der Waals surface area contributed by atoms with E-state index in [-0.39, 0.29) is 22.2 Å². The smallest absolute Gasteiger partial charge is 0.215 e. The van der Waals surface area contributed by atoms with Crippen molar-refractivity contribution in [1.82, 2.24) is 0 Å². The highest BCUT2D eigenvalue weighted by Gasteiger charge is 2.34. The standard InChI is InChI=1S/C11H7Cl2N3O3/c12-5-1-6-8(4-16(17)18)7(3-14)11(15)19-10(6)9(13)2-5/h1-2,8H,4,15H2/t8-/m1/s1. The number of nitrogens with zero attached hydrogens (tertiary/aromatic N) is 2. The van der Waals surface area contributed by atoms with E-state index in [1.54, 1.807) is 0 Å². The van der Waals surface area contributed by atoms with Crippen LogP contribution in [0.2, 0.25) is 10.0 Å². The second-order valence-electron chi connectivity index (χ2n) is 3.87. The molecule has 6 nitrogen and oxygen atoms in total. The number of fused-ring (bicyclic) bond motifs is 1. The van der Waals surface area contributed by atoms with Gasteiger partial charge in [-0.15, -0.1) is 0 Å². The second kappa shape index (κ2) is 4.96. The first kappa shape index (κ1) is 13.5. The van der Waals surface area contributed by atoms with Crippen LogP contribution in [-0.4, -0.2) is 11.5 Å². The molecule has 1 aliphatic rings. The number of hydrogen-bond acceptors (Lipinski definition) is 5. The molecule has 0 saturated heterocycles. The summed E-state index contributed by atoms with van der Waals surface area (Å²) in [5.74, 6) is -0.791. The number of nitrogens with two attached hydrogens (primary N) is 1. The molecule has 0 aliphatic carbocycles. The molecule has 1 aliphatic heterocycles. The first-order valence-electron chi connectivity index (χ1n) is 5.12. The Balaban J connectivity index is 2.63. The van der Waals surface area contributed by atoms with Crippen molar-refractivity contribution in [3.05, 3.63) is 49.3 Å². The first-order chi connectivity index (χ1) is 8.93. The molecular weight excluding hydrogens is 293 g/mol. The maximum absolute atomic E-state index is 10.7. The summed E-state index contributed by atoms with van der Waals surface area (Å²) in [5.41, 5.74) is 5.99. The van der Waals surface area contributed by atoms with E-state index in [9.17, 15) is 10.1 Å². The topological polar surface area (TPSA) is 102 Å². The predicted octanol–water partition coefficient (Wildman–Crippen LogP) is 2.44. The Labute approximate surface area is 118 Å². The lowest BCUT2D eigenvalue weighted by Crippen LogP contribution is -2.25. The Hall–Kier alpha value is -1.97. The van der Waals surface area contributed by atoms with E-state index in [2.05, 4.69) is 0 Å². The summed E-state index contributed by atoms with van der Waals surface area (Å²) in [6.07, 6.45) is 0. The molecule has 1 aromatic rings. The Morgan fingerprint density at radius 1 is 1.53 bits per heavy atom. The van der Waals surface area contributed by atoms with Crippen LogP contribution < -0.4 is 10.5 Å². The lowest BCUT2D eigenvalue weighted by Gasteiger charge is -2.24. The molecule has 2 rings (SSSR count). The molecule has 1 heterocycles. The first-order valence-corrected chi connectivity index (χ1v) is 5.88. The van der Waals surface area contributed by atoms with Crippen LogP contribution >= 0.6 is 23.2 Å². The van der Waals surface area contributed by atoms with Gasteiger partial charge >= 0.3 is 0 Å². The summed E-state index contributed by atoms with van der Waals surface area (Å²) < 4.78 is 5.25. The quantitative estimate of drug-likeness (QED) is 0.667. The van der Waals surface area contributed by atoms with E-state index in [1.807, 2.05) is 6.07 Å². The molecular formula is C11H7Cl2N3O3. The van der Waals surface area contributed by atoms with Crippen LogP contribution in [0.1, 0.15) is 11.5 Å². The van der Waals surface area contributed by atoms with Gasteiger partial charge in [0.25, 0.3) is 0 Å². The molecule has 0 saturated carbocycles. The average Bonchev–Trinajstić information content (AvgIpc) is 2.30. The van der Waals surface area contributed by atoms with Crippen molar-refractivity contribution in [3.8, 4) is 11.8 Å². The van der Waals surface area contributed by atoms with Gasteiger partial charge in [-0.05, 0) is 12.1 Å². The zero-order valence-corrected chi connectivity index (χ0v) is 10.9. The van der Waals surface area contributed by atoms with Crippen LogP contribution in [-0.2, 0) is 0 Å². The number of ether oxygens (including phenoxy) is 1. The third-order valence-corrected chi connectivity index (χ3v) is 3.19. The summed E-state index contributed by atoms with van der Waals surface area (Å²) in [4.78, 5) is 10.2. The van der Waals surface area contributed by atoms with Crippen molar-refractivity contribution >= 4 is 23.2 Å². The van der Waals surface area contributed by atoms with Gasteiger partial charge in [-0.25, -0.2) is 0 Å². The maximum Gasteiger partial charge on any atom is 0.215 e. The van der Waals surface area contributed by atoms with E-state index in [1.165, 1.54) is 12.1 Å². The molecule has 0 spiro atoms. The zero-order valence-electron chi connectivity index (χ0n) is 9.39. The number of nitriles is 1. The van der Waals surface area contributed by atoms with Gasteiger partial charge in [-0.2, -0.15) is 5.26 Å². The van der Waals surface area contributed by atoms with E-state index in [4.69, 9.17) is 38.9 Å². The Bertz CT molecular complexity index is 637. The minimum atomic E-state index is -0.819. The summed E-state index contributed by atoms with van der Waals surface area (Å²) in [6, 6.07) is 4.76. The van der Waals surface area contributed by atoms with Crippen LogP contribution in [0.25, 0.3) is 0 Å². The van der Waals surface area contributed by atoms with Crippen LogP contribution in [0.15, 0.2) is 23.6 Å². The molecule has 8 heteroatoms. The van der Waals surface area contributed by atoms with Gasteiger partial charge in [0.1, 0.15) is 11.6 Å². The number of nitro groups is 1. The van der Waals surface area contributed by atoms with E-state index >= 15 is 0 Å². The summed E-state index contributed by atoms with van der Waals surface area (Å²) in [6.45, 7) is -0.489. The van der Waals surface area contributed by atoms with Crippen LogP contribution in [0.4, 0.5) is 0 Å². The lowest BCUT2D eigenvalue weighted by molar-refractivity contribution is -0.482. The molecule has 0 amide bonds. The van der Waals surface area contributed by atoms with Gasteiger partial charge in [-0.3, -0.25) is 10.1 Å². The highest BCUT2D eigenvalue weighted by Crippen LogP contribution is 2.43. The SMILES string of the molecule is N#CC1=C(N)Oc2c(Cl)cc(Cl)cc2[C@H]1C[N+](=O)[O-]. The molecule has 0 unspecified atom stereocenters. The number of halogens is 2. The van der Waals surface area contributed by atoms with Gasteiger partial charge in [0.15, 0.2) is 5.75 Å². The van der Waals surface area contributed by atoms with Crippen molar-refractivity contribution < 1.29 is 9.66 Å². The monoisotopic (exact) mass is 299 g/mol. The van der Waals surface area contributed by atoms with E-state index < -0.39 is 17.4 Å². The van der Waals surface area contributed by atoms with E-state index in [0.717, 1.165) is 0 Å². The Kier molecular flexibility index (Phi) is 3.51. The largest absolute Gasteiger partial charge is 0.439 e. The van der Waals surface area contributed by atoms with Gasteiger partial charge < -0.3 is 10.5 Å². The highest BCUT2D eigenvalue weighted by molar-refractivity contribution is 6.35. The molecule has 1 aromatic carbocycles. The fraction of sp³-hybridized carbons (Fsp3) is 0.182. The van der Waals surface area contributed by atoms with Crippen molar-refractivity contribution in [3.63, 3.8) is 0 Å². The van der Waals surface area contributed by atoms with Crippen molar-refractivity contribution in [2.24, 2.45) is 5.73 Å². The minimum absolute atomic E-state index is 0.00235. The Morgan fingerprint density at radius 2 is 2.21 bits per heavy atom. The number of rotatable bonds is 2. The molecule has 98 valence electrons. The third kappa shape index (κ3) is 2.43. The molecule has 1 atom stereocenters. The van der Waals surface area contributed by atoms with Crippen LogP contribution in [0.3, 0.4) is 0 Å². The maximum atomic E-state index is 10.7. The minimum Gasteiger partial charge on any atom is -0.439 e. The van der Waals surface area contributed by atoms with Crippen LogP contribution in [0.5, 0.6) is 5.75 Å². The molecule has 0 aromatic heterocycles. The summed E-state index contributed by atoms with van der Waals surface area (Å²) in [5, 5.41) is 20.3. The normalized spacial score (nSPS) is 17.4. The molecule has 0 radical (unpaired) electrons. The van der Waals surface area contributed by atoms with Crippen molar-refractivity contribution in [2.75, 3.05) is 6.54 Å². The van der Waals surface area contributed by atoms with Gasteiger partial charge in [0, 0.05) is 15.5 Å². The van der Waals surface area contributed by atoms with Gasteiger partial charge in [-0.1, -0.05) is 23.2 Å². The fourth-order valence-electron chi connectivity index (χ4n) is 1.91. The fourth-order valence-corrected chi connectivity index (χ4v) is 2.46. The number of benzene rings is 1. The highest BCUT2D eigenvalue weighted by atomic mass is 35.5. The van der Waals surface area contributed by atoms with Gasteiger partial charge in [0.2, 0.25) is 12.4 Å². The number of hydrogen-bond donors (Lipinski definition) is 1.